The standard InChI is InChI=1S/C18H25N5O2/c1-13(2)25-16-8-6-5-7-15(16)22-17(24)14-11-20-18(21-12-14)19-9-10-23(3)4/h5-8,11-13H,9-10H2,1-4H3,(H,22,24)(H,19,20,21). The Bertz CT molecular complexity index is 686. The summed E-state index contributed by atoms with van der Waals surface area (Å²) >= 11 is 0. The highest BCUT2D eigenvalue weighted by molar-refractivity contribution is 6.04. The number of anilines is 2. The number of nitrogens with zero attached hydrogens (tertiary/aromatic N) is 3. The molecule has 1 amide bonds. The van der Waals surface area contributed by atoms with Crippen molar-refractivity contribution >= 4 is 17.5 Å². The first-order valence-corrected chi connectivity index (χ1v) is 8.23. The Morgan fingerprint density at radius 3 is 2.52 bits per heavy atom. The Kier molecular flexibility index (Phi) is 6.71. The summed E-state index contributed by atoms with van der Waals surface area (Å²) in [6.45, 7) is 5.49. The first-order valence-electron chi connectivity index (χ1n) is 8.23. The summed E-state index contributed by atoms with van der Waals surface area (Å²) in [6.07, 6.45) is 3.03. The van der Waals surface area contributed by atoms with Gasteiger partial charge >= 0.3 is 0 Å². The van der Waals surface area contributed by atoms with Crippen LogP contribution in [0.25, 0.3) is 0 Å². The topological polar surface area (TPSA) is 79.4 Å². The molecule has 0 atom stereocenters. The minimum atomic E-state index is -0.278. The van der Waals surface area contributed by atoms with Crippen molar-refractivity contribution in [3.05, 3.63) is 42.2 Å². The molecule has 0 aliphatic carbocycles. The molecule has 0 fully saturated rings. The fraction of sp³-hybridized carbons (Fsp3) is 0.389. The molecule has 1 aromatic heterocycles. The van der Waals surface area contributed by atoms with E-state index in [1.54, 1.807) is 6.07 Å². The van der Waals surface area contributed by atoms with E-state index in [0.29, 0.717) is 22.9 Å². The molecule has 0 bridgehead atoms. The highest BCUT2D eigenvalue weighted by Crippen LogP contribution is 2.25. The number of amides is 1. The number of carbonyl (C=O) groups excluding carboxylic acids is 1. The lowest BCUT2D eigenvalue weighted by molar-refractivity contribution is 0.102. The van der Waals surface area contributed by atoms with Crippen LogP contribution in [-0.4, -0.2) is 54.1 Å². The second kappa shape index (κ2) is 8.98. The molecule has 0 saturated heterocycles. The number of rotatable bonds is 8. The summed E-state index contributed by atoms with van der Waals surface area (Å²) in [7, 11) is 3.99. The molecule has 0 aliphatic heterocycles. The van der Waals surface area contributed by atoms with E-state index in [1.165, 1.54) is 12.4 Å². The maximum absolute atomic E-state index is 12.4. The number of benzene rings is 1. The van der Waals surface area contributed by atoms with E-state index in [1.807, 2.05) is 46.1 Å². The van der Waals surface area contributed by atoms with E-state index in [2.05, 4.69) is 25.5 Å². The molecule has 134 valence electrons. The van der Waals surface area contributed by atoms with E-state index in [-0.39, 0.29) is 12.0 Å². The average molecular weight is 343 g/mol. The number of para-hydroxylation sites is 2. The Labute approximate surface area is 148 Å². The summed E-state index contributed by atoms with van der Waals surface area (Å²) in [5, 5.41) is 5.95. The number of aromatic nitrogens is 2. The van der Waals surface area contributed by atoms with E-state index >= 15 is 0 Å². The van der Waals surface area contributed by atoms with Crippen molar-refractivity contribution in [2.45, 2.75) is 20.0 Å². The molecule has 2 rings (SSSR count). The molecule has 0 unspecified atom stereocenters. The zero-order chi connectivity index (χ0) is 18.2. The van der Waals surface area contributed by atoms with Crippen molar-refractivity contribution in [1.29, 1.82) is 0 Å². The van der Waals surface area contributed by atoms with Crippen LogP contribution < -0.4 is 15.4 Å². The number of hydrogen-bond acceptors (Lipinski definition) is 6. The van der Waals surface area contributed by atoms with Gasteiger partial charge in [0.05, 0.1) is 17.4 Å². The molecule has 2 aromatic rings. The van der Waals surface area contributed by atoms with Crippen molar-refractivity contribution in [1.82, 2.24) is 14.9 Å². The van der Waals surface area contributed by atoms with Crippen molar-refractivity contribution in [3.8, 4) is 5.75 Å². The van der Waals surface area contributed by atoms with Crippen LogP contribution in [0, 0.1) is 0 Å². The molecule has 2 N–H and O–H groups in total. The van der Waals surface area contributed by atoms with Gasteiger partial charge in [-0.05, 0) is 40.1 Å². The van der Waals surface area contributed by atoms with Gasteiger partial charge in [-0.3, -0.25) is 4.79 Å². The lowest BCUT2D eigenvalue weighted by atomic mass is 10.2. The van der Waals surface area contributed by atoms with Gasteiger partial charge in [-0.1, -0.05) is 12.1 Å². The first-order chi connectivity index (χ1) is 12.0. The van der Waals surface area contributed by atoms with Crippen LogP contribution in [0.5, 0.6) is 5.75 Å². The van der Waals surface area contributed by atoms with Crippen molar-refractivity contribution in [2.75, 3.05) is 37.8 Å². The smallest absolute Gasteiger partial charge is 0.258 e. The molecule has 0 aliphatic rings. The summed E-state index contributed by atoms with van der Waals surface area (Å²) in [5.74, 6) is 0.857. The van der Waals surface area contributed by atoms with E-state index in [9.17, 15) is 4.79 Å². The molecule has 25 heavy (non-hydrogen) atoms. The molecule has 0 saturated carbocycles. The summed E-state index contributed by atoms with van der Waals surface area (Å²) in [4.78, 5) is 22.8. The second-order valence-electron chi connectivity index (χ2n) is 6.14. The van der Waals surface area contributed by atoms with Gasteiger partial charge in [0.15, 0.2) is 0 Å². The Balaban J connectivity index is 1.99. The average Bonchev–Trinajstić information content (AvgIpc) is 2.56. The predicted octanol–water partition coefficient (Wildman–Crippen LogP) is 2.49. The first kappa shape index (κ1) is 18.7. The number of carbonyl (C=O) groups is 1. The molecular weight excluding hydrogens is 318 g/mol. The summed E-state index contributed by atoms with van der Waals surface area (Å²) in [5.41, 5.74) is 1.01. The van der Waals surface area contributed by atoms with Crippen LogP contribution >= 0.6 is 0 Å². The quantitative estimate of drug-likeness (QED) is 0.767. The normalized spacial score (nSPS) is 10.8. The van der Waals surface area contributed by atoms with Crippen LogP contribution in [0.1, 0.15) is 24.2 Å². The highest BCUT2D eigenvalue weighted by atomic mass is 16.5. The number of likely N-dealkylation sites (N-methyl/N-ethyl adjacent to an activating group) is 1. The van der Waals surface area contributed by atoms with E-state index in [4.69, 9.17) is 4.74 Å². The van der Waals surface area contributed by atoms with Gasteiger partial charge in [-0.25, -0.2) is 9.97 Å². The van der Waals surface area contributed by atoms with Crippen LogP contribution in [0.4, 0.5) is 11.6 Å². The van der Waals surface area contributed by atoms with Gasteiger partial charge in [0.25, 0.3) is 5.91 Å². The third kappa shape index (κ3) is 6.04. The summed E-state index contributed by atoms with van der Waals surface area (Å²) in [6, 6.07) is 7.33. The van der Waals surface area contributed by atoms with Crippen LogP contribution in [0.2, 0.25) is 0 Å². The van der Waals surface area contributed by atoms with Crippen molar-refractivity contribution in [2.24, 2.45) is 0 Å². The Morgan fingerprint density at radius 2 is 1.88 bits per heavy atom. The van der Waals surface area contributed by atoms with Crippen LogP contribution in [0.3, 0.4) is 0 Å². The number of hydrogen-bond donors (Lipinski definition) is 2. The van der Waals surface area contributed by atoms with Crippen molar-refractivity contribution < 1.29 is 9.53 Å². The SMILES string of the molecule is CC(C)Oc1ccccc1NC(=O)c1cnc(NCCN(C)C)nc1. The molecule has 0 spiro atoms. The second-order valence-corrected chi connectivity index (χ2v) is 6.14. The fourth-order valence-electron chi connectivity index (χ4n) is 2.05. The predicted molar refractivity (Wildman–Crippen MR) is 99.2 cm³/mol. The van der Waals surface area contributed by atoms with Crippen LogP contribution in [-0.2, 0) is 0 Å². The lowest BCUT2D eigenvalue weighted by Gasteiger charge is -2.14. The molecule has 7 nitrogen and oxygen atoms in total. The van der Waals surface area contributed by atoms with Gasteiger partial charge in [0.2, 0.25) is 5.95 Å². The minimum Gasteiger partial charge on any atom is -0.489 e. The lowest BCUT2D eigenvalue weighted by Crippen LogP contribution is -2.21. The van der Waals surface area contributed by atoms with Gasteiger partial charge in [0.1, 0.15) is 5.75 Å². The van der Waals surface area contributed by atoms with Gasteiger partial charge in [-0.2, -0.15) is 0 Å². The van der Waals surface area contributed by atoms with Gasteiger partial charge in [0, 0.05) is 25.5 Å². The molecular formula is C18H25N5O2. The van der Waals surface area contributed by atoms with Crippen LogP contribution in [0.15, 0.2) is 36.7 Å². The molecule has 1 heterocycles. The molecule has 7 heteroatoms. The maximum atomic E-state index is 12.4. The van der Waals surface area contributed by atoms with E-state index < -0.39 is 0 Å². The highest BCUT2D eigenvalue weighted by Gasteiger charge is 2.11. The largest absolute Gasteiger partial charge is 0.489 e. The third-order valence-electron chi connectivity index (χ3n) is 3.25. The Morgan fingerprint density at radius 1 is 1.20 bits per heavy atom. The number of ether oxygens (including phenoxy) is 1. The van der Waals surface area contributed by atoms with Gasteiger partial charge in [-0.15, -0.1) is 0 Å². The zero-order valence-electron chi connectivity index (χ0n) is 15.1. The zero-order valence-corrected chi connectivity index (χ0v) is 15.1. The van der Waals surface area contributed by atoms with E-state index in [0.717, 1.165) is 13.1 Å². The van der Waals surface area contributed by atoms with Crippen molar-refractivity contribution in [3.63, 3.8) is 0 Å². The summed E-state index contributed by atoms with van der Waals surface area (Å²) < 4.78 is 5.70. The monoisotopic (exact) mass is 343 g/mol. The number of nitrogens with one attached hydrogen (secondary N) is 2. The Hall–Kier alpha value is -2.67. The minimum absolute atomic E-state index is 0.0221. The molecule has 0 radical (unpaired) electrons. The fourth-order valence-corrected chi connectivity index (χ4v) is 2.05. The van der Waals surface area contributed by atoms with Gasteiger partial charge < -0.3 is 20.3 Å². The molecule has 1 aromatic carbocycles. The third-order valence-corrected chi connectivity index (χ3v) is 3.25. The maximum Gasteiger partial charge on any atom is 0.258 e.